The Labute approximate surface area is 232 Å². The first-order valence-electron chi connectivity index (χ1n) is 13.0. The maximum Gasteiger partial charge on any atom is 0.270 e. The van der Waals surface area contributed by atoms with Gasteiger partial charge in [-0.15, -0.1) is 0 Å². The average Bonchev–Trinajstić information content (AvgIpc) is 2.99. The second-order valence-electron chi connectivity index (χ2n) is 9.56. The summed E-state index contributed by atoms with van der Waals surface area (Å²) in [5.74, 6) is -1.09. The summed E-state index contributed by atoms with van der Waals surface area (Å²) in [5.41, 5.74) is 8.74. The van der Waals surface area contributed by atoms with Crippen LogP contribution >= 0.6 is 0 Å². The quantitative estimate of drug-likeness (QED) is 0.290. The molecule has 2 heterocycles. The van der Waals surface area contributed by atoms with Gasteiger partial charge in [-0.3, -0.25) is 20.4 Å². The lowest BCUT2D eigenvalue weighted by molar-refractivity contribution is -0.132. The van der Waals surface area contributed by atoms with Crippen LogP contribution in [0, 0.1) is 5.82 Å². The molecule has 9 nitrogen and oxygen atoms in total. The molecule has 1 saturated heterocycles. The molecule has 0 bridgehead atoms. The Balaban J connectivity index is 1.20. The molecular weight excluding hydrogens is 509 g/mol. The van der Waals surface area contributed by atoms with Crippen LogP contribution < -0.4 is 16.2 Å². The topological polar surface area (TPSA) is 102 Å². The maximum atomic E-state index is 14.4. The molecule has 2 amide bonds. The first-order chi connectivity index (χ1) is 19.5. The minimum Gasteiger partial charge on any atom is -0.340 e. The molecule has 0 spiro atoms. The van der Waals surface area contributed by atoms with Crippen molar-refractivity contribution in [1.29, 1.82) is 0 Å². The predicted molar refractivity (Wildman–Crippen MR) is 152 cm³/mol. The van der Waals surface area contributed by atoms with E-state index in [1.165, 1.54) is 0 Å². The Morgan fingerprint density at radius 3 is 2.35 bits per heavy atom. The molecule has 0 saturated carbocycles. The summed E-state index contributed by atoms with van der Waals surface area (Å²) in [5, 5.41) is 3.03. The van der Waals surface area contributed by atoms with E-state index in [9.17, 15) is 14.0 Å². The number of amides is 2. The molecule has 204 valence electrons. The van der Waals surface area contributed by atoms with E-state index in [0.717, 1.165) is 49.1 Å². The number of halogens is 1. The molecule has 3 aromatic carbocycles. The number of hydrogen-bond acceptors (Lipinski definition) is 7. The van der Waals surface area contributed by atoms with E-state index < -0.39 is 11.7 Å². The number of hydrogen-bond donors (Lipinski definition) is 3. The number of nitrogens with zero attached hydrogens (tertiary/aromatic N) is 4. The number of nitrogens with one attached hydrogen (secondary N) is 3. The fourth-order valence-corrected chi connectivity index (χ4v) is 4.43. The summed E-state index contributed by atoms with van der Waals surface area (Å²) in [6.45, 7) is 3.25. The van der Waals surface area contributed by atoms with E-state index >= 15 is 0 Å². The average molecular weight is 540 g/mol. The van der Waals surface area contributed by atoms with E-state index in [1.807, 2.05) is 71.6 Å². The highest BCUT2D eigenvalue weighted by Crippen LogP contribution is 2.23. The molecule has 4 aromatic rings. The van der Waals surface area contributed by atoms with E-state index in [4.69, 9.17) is 0 Å². The van der Waals surface area contributed by atoms with Crippen molar-refractivity contribution in [2.24, 2.45) is 0 Å². The monoisotopic (exact) mass is 539 g/mol. The molecule has 40 heavy (non-hydrogen) atoms. The smallest absolute Gasteiger partial charge is 0.270 e. The molecular formula is C30H30FN7O2. The Hall–Kier alpha value is -4.83. The highest BCUT2D eigenvalue weighted by atomic mass is 19.1. The van der Waals surface area contributed by atoms with Gasteiger partial charge in [0.2, 0.25) is 11.9 Å². The van der Waals surface area contributed by atoms with Crippen molar-refractivity contribution < 1.29 is 14.0 Å². The van der Waals surface area contributed by atoms with Crippen molar-refractivity contribution in [3.8, 4) is 11.1 Å². The lowest BCUT2D eigenvalue weighted by Crippen LogP contribution is -2.47. The molecule has 0 atom stereocenters. The fourth-order valence-electron chi connectivity index (χ4n) is 4.43. The SMILES string of the molecule is CN1CCN(C(=O)Cc2ccc(Nc3ncc(F)c(NNC(=O)c4ccccc4-c4ccccc4)n3)cc2)CC1. The normalized spacial score (nSPS) is 13.5. The lowest BCUT2D eigenvalue weighted by Gasteiger charge is -2.32. The zero-order valence-electron chi connectivity index (χ0n) is 22.1. The van der Waals surface area contributed by atoms with Crippen LogP contribution in [-0.2, 0) is 11.2 Å². The number of rotatable bonds is 8. The number of carbonyl (C=O) groups is 2. The first kappa shape index (κ1) is 26.8. The van der Waals surface area contributed by atoms with Gasteiger partial charge in [0, 0.05) is 37.4 Å². The molecule has 1 aliphatic rings. The third-order valence-electron chi connectivity index (χ3n) is 6.72. The minimum atomic E-state index is -0.722. The second kappa shape index (κ2) is 12.4. The first-order valence-corrected chi connectivity index (χ1v) is 13.0. The Morgan fingerprint density at radius 1 is 0.900 bits per heavy atom. The Morgan fingerprint density at radius 2 is 1.60 bits per heavy atom. The van der Waals surface area contributed by atoms with Crippen LogP contribution in [0.3, 0.4) is 0 Å². The van der Waals surface area contributed by atoms with Gasteiger partial charge in [0.15, 0.2) is 11.6 Å². The summed E-state index contributed by atoms with van der Waals surface area (Å²) in [6, 6.07) is 24.1. The highest BCUT2D eigenvalue weighted by molar-refractivity contribution is 6.01. The Kier molecular flexibility index (Phi) is 8.26. The number of piperazine rings is 1. The van der Waals surface area contributed by atoms with Gasteiger partial charge in [0.1, 0.15) is 0 Å². The molecule has 1 aromatic heterocycles. The second-order valence-corrected chi connectivity index (χ2v) is 9.56. The maximum absolute atomic E-state index is 14.4. The van der Waals surface area contributed by atoms with Gasteiger partial charge in [-0.05, 0) is 41.9 Å². The van der Waals surface area contributed by atoms with Crippen LogP contribution in [0.15, 0.2) is 85.1 Å². The largest absolute Gasteiger partial charge is 0.340 e. The molecule has 1 fully saturated rings. The van der Waals surface area contributed by atoms with Crippen LogP contribution in [0.2, 0.25) is 0 Å². The van der Waals surface area contributed by atoms with E-state index in [-0.39, 0.29) is 17.7 Å². The number of hydrazine groups is 1. The van der Waals surface area contributed by atoms with Crippen LogP contribution in [-0.4, -0.2) is 64.8 Å². The summed E-state index contributed by atoms with van der Waals surface area (Å²) < 4.78 is 14.4. The van der Waals surface area contributed by atoms with Gasteiger partial charge >= 0.3 is 0 Å². The number of carbonyl (C=O) groups excluding carboxylic acids is 2. The molecule has 0 radical (unpaired) electrons. The van der Waals surface area contributed by atoms with Gasteiger partial charge in [0.05, 0.1) is 12.6 Å². The van der Waals surface area contributed by atoms with Gasteiger partial charge in [-0.1, -0.05) is 60.7 Å². The van der Waals surface area contributed by atoms with E-state index in [1.54, 1.807) is 12.1 Å². The zero-order valence-corrected chi connectivity index (χ0v) is 22.1. The Bertz CT molecular complexity index is 1470. The molecule has 0 aliphatic carbocycles. The van der Waals surface area contributed by atoms with Gasteiger partial charge in [-0.25, -0.2) is 9.37 Å². The van der Waals surface area contributed by atoms with E-state index in [2.05, 4.69) is 38.1 Å². The number of likely N-dealkylation sites (N-methyl/N-ethyl adjacent to an activating group) is 1. The van der Waals surface area contributed by atoms with Crippen molar-refractivity contribution in [2.75, 3.05) is 44.0 Å². The zero-order chi connectivity index (χ0) is 27.9. The number of aromatic nitrogens is 2. The summed E-state index contributed by atoms with van der Waals surface area (Å²) in [4.78, 5) is 37.8. The predicted octanol–water partition coefficient (Wildman–Crippen LogP) is 4.10. The van der Waals surface area contributed by atoms with Crippen LogP contribution in [0.5, 0.6) is 0 Å². The fraction of sp³-hybridized carbons (Fsp3) is 0.200. The van der Waals surface area contributed by atoms with Crippen molar-refractivity contribution in [3.63, 3.8) is 0 Å². The molecule has 0 unspecified atom stereocenters. The van der Waals surface area contributed by atoms with Gasteiger partial charge in [0.25, 0.3) is 5.91 Å². The summed E-state index contributed by atoms with van der Waals surface area (Å²) >= 11 is 0. The van der Waals surface area contributed by atoms with E-state index in [0.29, 0.717) is 17.7 Å². The van der Waals surface area contributed by atoms with Crippen molar-refractivity contribution >= 4 is 29.3 Å². The molecule has 5 rings (SSSR count). The molecule has 10 heteroatoms. The highest BCUT2D eigenvalue weighted by Gasteiger charge is 2.19. The number of anilines is 3. The minimum absolute atomic E-state index is 0.111. The van der Waals surface area contributed by atoms with Crippen molar-refractivity contribution in [1.82, 2.24) is 25.2 Å². The van der Waals surface area contributed by atoms with Crippen LogP contribution in [0.4, 0.5) is 21.8 Å². The number of benzene rings is 3. The van der Waals surface area contributed by atoms with Gasteiger partial charge in [-0.2, -0.15) is 4.98 Å². The summed E-state index contributed by atoms with van der Waals surface area (Å²) in [7, 11) is 2.06. The van der Waals surface area contributed by atoms with Crippen LogP contribution in [0.1, 0.15) is 15.9 Å². The van der Waals surface area contributed by atoms with Crippen molar-refractivity contribution in [2.45, 2.75) is 6.42 Å². The molecule has 1 aliphatic heterocycles. The summed E-state index contributed by atoms with van der Waals surface area (Å²) in [6.07, 6.45) is 1.35. The van der Waals surface area contributed by atoms with Gasteiger partial charge < -0.3 is 15.1 Å². The lowest BCUT2D eigenvalue weighted by atomic mass is 9.99. The van der Waals surface area contributed by atoms with Crippen molar-refractivity contribution in [3.05, 3.63) is 102 Å². The molecule has 3 N–H and O–H groups in total. The third kappa shape index (κ3) is 6.59. The third-order valence-corrected chi connectivity index (χ3v) is 6.72. The van der Waals surface area contributed by atoms with Crippen LogP contribution in [0.25, 0.3) is 11.1 Å². The standard InChI is InChI=1S/C30H30FN7O2/c1-37-15-17-38(18-16-37)27(39)19-21-11-13-23(14-12-21)33-30-32-20-26(31)28(34-30)35-36-29(40)25-10-6-5-9-24(25)22-7-3-2-4-8-22/h2-14,20H,15-19H2,1H3,(H,36,40)(H2,32,33,34,35).